The molecule has 1 aromatic heterocycles. The van der Waals surface area contributed by atoms with Crippen LogP contribution in [-0.4, -0.2) is 11.5 Å². The number of hydrogen-bond acceptors (Lipinski definition) is 1. The van der Waals surface area contributed by atoms with Gasteiger partial charge in [0.05, 0.1) is 0 Å². The first-order chi connectivity index (χ1) is 12.9. The third-order valence-corrected chi connectivity index (χ3v) is 5.43. The number of benzene rings is 1. The summed E-state index contributed by atoms with van der Waals surface area (Å²) in [4.78, 5) is 3.35. The third kappa shape index (κ3) is 8.29. The SMILES string of the molecule is CCCCCCCCCCCCCCCCNc1[nH]cc2ccccc12. The van der Waals surface area contributed by atoms with Crippen LogP contribution >= 0.6 is 0 Å². The normalized spacial score (nSPS) is 11.3. The molecule has 2 N–H and O–H groups in total. The van der Waals surface area contributed by atoms with Crippen molar-refractivity contribution in [1.29, 1.82) is 0 Å². The van der Waals surface area contributed by atoms with E-state index in [9.17, 15) is 0 Å². The molecule has 0 bridgehead atoms. The predicted octanol–water partition coefficient (Wildman–Crippen LogP) is 8.06. The summed E-state index contributed by atoms with van der Waals surface area (Å²) in [5.74, 6) is 1.18. The van der Waals surface area contributed by atoms with Crippen molar-refractivity contribution in [3.8, 4) is 0 Å². The van der Waals surface area contributed by atoms with Gasteiger partial charge in [-0.2, -0.15) is 0 Å². The zero-order valence-corrected chi connectivity index (χ0v) is 17.0. The summed E-state index contributed by atoms with van der Waals surface area (Å²) in [7, 11) is 0. The first-order valence-electron chi connectivity index (χ1n) is 11.2. The van der Waals surface area contributed by atoms with Crippen molar-refractivity contribution in [3.63, 3.8) is 0 Å². The molecule has 0 aliphatic rings. The van der Waals surface area contributed by atoms with E-state index in [1.54, 1.807) is 0 Å². The number of nitrogens with one attached hydrogen (secondary N) is 2. The van der Waals surface area contributed by atoms with Crippen LogP contribution < -0.4 is 5.32 Å². The van der Waals surface area contributed by atoms with Crippen molar-refractivity contribution in [2.45, 2.75) is 96.8 Å². The average Bonchev–Trinajstić information content (AvgIpc) is 3.08. The number of aromatic amines is 1. The molecule has 0 saturated heterocycles. The van der Waals surface area contributed by atoms with Gasteiger partial charge in [-0.05, 0) is 6.42 Å². The van der Waals surface area contributed by atoms with E-state index >= 15 is 0 Å². The Morgan fingerprint density at radius 2 is 1.23 bits per heavy atom. The fourth-order valence-corrected chi connectivity index (χ4v) is 3.76. The van der Waals surface area contributed by atoms with Crippen molar-refractivity contribution < 1.29 is 0 Å². The molecule has 2 nitrogen and oxygen atoms in total. The molecule has 1 aromatic carbocycles. The summed E-state index contributed by atoms with van der Waals surface area (Å²) in [5.41, 5.74) is 0. The number of hydrogen-bond donors (Lipinski definition) is 2. The molecule has 2 heteroatoms. The second-order valence-corrected chi connectivity index (χ2v) is 7.77. The molecule has 0 radical (unpaired) electrons. The van der Waals surface area contributed by atoms with Gasteiger partial charge in [-0.3, -0.25) is 0 Å². The quantitative estimate of drug-likeness (QED) is 0.292. The van der Waals surface area contributed by atoms with Crippen LogP contribution in [0, 0.1) is 0 Å². The fourth-order valence-electron chi connectivity index (χ4n) is 3.76. The molecule has 0 fully saturated rings. The van der Waals surface area contributed by atoms with Crippen LogP contribution in [0.3, 0.4) is 0 Å². The van der Waals surface area contributed by atoms with Crippen LogP contribution in [0.25, 0.3) is 10.8 Å². The smallest absolute Gasteiger partial charge is 0.111 e. The zero-order chi connectivity index (χ0) is 18.3. The first-order valence-corrected chi connectivity index (χ1v) is 11.2. The van der Waals surface area contributed by atoms with E-state index in [2.05, 4.69) is 47.7 Å². The highest BCUT2D eigenvalue weighted by Gasteiger charge is 2.01. The highest BCUT2D eigenvalue weighted by atomic mass is 15.0. The van der Waals surface area contributed by atoms with Crippen molar-refractivity contribution in [2.24, 2.45) is 0 Å². The molecule has 146 valence electrons. The second kappa shape index (κ2) is 13.7. The number of fused-ring (bicyclic) bond motifs is 1. The number of rotatable bonds is 16. The van der Waals surface area contributed by atoms with Gasteiger partial charge >= 0.3 is 0 Å². The summed E-state index contributed by atoms with van der Waals surface area (Å²) in [6, 6.07) is 8.53. The summed E-state index contributed by atoms with van der Waals surface area (Å²) in [6.07, 6.45) is 21.9. The maximum absolute atomic E-state index is 3.56. The number of unbranched alkanes of at least 4 members (excludes halogenated alkanes) is 13. The van der Waals surface area contributed by atoms with Crippen molar-refractivity contribution in [1.82, 2.24) is 4.98 Å². The van der Waals surface area contributed by atoms with Gasteiger partial charge in [0, 0.05) is 23.5 Å². The lowest BCUT2D eigenvalue weighted by molar-refractivity contribution is 0.537. The first kappa shape index (κ1) is 20.9. The molecule has 0 amide bonds. The molecule has 0 aliphatic carbocycles. The molecular formula is C24H40N2. The third-order valence-electron chi connectivity index (χ3n) is 5.43. The Morgan fingerprint density at radius 1 is 0.692 bits per heavy atom. The van der Waals surface area contributed by atoms with E-state index in [-0.39, 0.29) is 0 Å². The standard InChI is InChI=1S/C24H40N2/c1-2-3-4-5-6-7-8-9-10-11-12-13-14-17-20-25-24-23-19-16-15-18-22(23)21-26-24/h15-16,18-19,21,25-26H,2-14,17,20H2,1H3. The van der Waals surface area contributed by atoms with Crippen molar-refractivity contribution in [2.75, 3.05) is 11.9 Å². The highest BCUT2D eigenvalue weighted by Crippen LogP contribution is 2.22. The lowest BCUT2D eigenvalue weighted by Crippen LogP contribution is -2.01. The molecular weight excluding hydrogens is 316 g/mol. The van der Waals surface area contributed by atoms with Gasteiger partial charge in [-0.1, -0.05) is 115 Å². The van der Waals surface area contributed by atoms with E-state index in [4.69, 9.17) is 0 Å². The van der Waals surface area contributed by atoms with Gasteiger partial charge in [0.15, 0.2) is 0 Å². The number of H-pyrrole nitrogens is 1. The Morgan fingerprint density at radius 3 is 1.85 bits per heavy atom. The Hall–Kier alpha value is -1.44. The second-order valence-electron chi connectivity index (χ2n) is 7.77. The molecule has 2 rings (SSSR count). The van der Waals surface area contributed by atoms with Crippen LogP contribution in [0.1, 0.15) is 96.8 Å². The van der Waals surface area contributed by atoms with E-state index in [0.29, 0.717) is 0 Å². The van der Waals surface area contributed by atoms with Crippen molar-refractivity contribution in [3.05, 3.63) is 30.5 Å². The van der Waals surface area contributed by atoms with Crippen LogP contribution in [0.5, 0.6) is 0 Å². The molecule has 0 saturated carbocycles. The largest absolute Gasteiger partial charge is 0.371 e. The van der Waals surface area contributed by atoms with Crippen molar-refractivity contribution >= 4 is 16.6 Å². The summed E-state index contributed by atoms with van der Waals surface area (Å²) in [6.45, 7) is 3.36. The minimum atomic E-state index is 1.07. The Labute approximate surface area is 161 Å². The van der Waals surface area contributed by atoms with Crippen LogP contribution in [-0.2, 0) is 0 Å². The lowest BCUT2D eigenvalue weighted by atomic mass is 10.0. The van der Waals surface area contributed by atoms with E-state index < -0.39 is 0 Å². The van der Waals surface area contributed by atoms with Crippen LogP contribution in [0.4, 0.5) is 5.82 Å². The van der Waals surface area contributed by atoms with Gasteiger partial charge in [0.1, 0.15) is 5.82 Å². The van der Waals surface area contributed by atoms with Gasteiger partial charge in [-0.15, -0.1) is 0 Å². The zero-order valence-electron chi connectivity index (χ0n) is 17.0. The van der Waals surface area contributed by atoms with Gasteiger partial charge in [0.25, 0.3) is 0 Å². The molecule has 2 aromatic rings. The van der Waals surface area contributed by atoms with E-state index in [1.807, 2.05) is 0 Å². The summed E-state index contributed by atoms with van der Waals surface area (Å²) in [5, 5.41) is 6.15. The molecule has 0 atom stereocenters. The molecule has 0 unspecified atom stereocenters. The summed E-state index contributed by atoms with van der Waals surface area (Å²) < 4.78 is 0. The maximum atomic E-state index is 3.56. The minimum absolute atomic E-state index is 1.07. The molecule has 26 heavy (non-hydrogen) atoms. The minimum Gasteiger partial charge on any atom is -0.371 e. The topological polar surface area (TPSA) is 27.8 Å². The van der Waals surface area contributed by atoms with E-state index in [1.165, 1.54) is 106 Å². The predicted molar refractivity (Wildman–Crippen MR) is 117 cm³/mol. The number of anilines is 1. The summed E-state index contributed by atoms with van der Waals surface area (Å²) >= 11 is 0. The Kier molecular flexibility index (Phi) is 11.0. The molecule has 1 heterocycles. The maximum Gasteiger partial charge on any atom is 0.111 e. The monoisotopic (exact) mass is 356 g/mol. The highest BCUT2D eigenvalue weighted by molar-refractivity contribution is 5.92. The van der Waals surface area contributed by atoms with Gasteiger partial charge < -0.3 is 10.3 Å². The lowest BCUT2D eigenvalue weighted by Gasteiger charge is -2.05. The van der Waals surface area contributed by atoms with Crippen LogP contribution in [0.15, 0.2) is 30.5 Å². The molecule has 0 aliphatic heterocycles. The van der Waals surface area contributed by atoms with Crippen LogP contribution in [0.2, 0.25) is 0 Å². The fraction of sp³-hybridized carbons (Fsp3) is 0.667. The van der Waals surface area contributed by atoms with Gasteiger partial charge in [-0.25, -0.2) is 0 Å². The Balaban J connectivity index is 1.35. The molecule has 0 spiro atoms. The Bertz CT molecular complexity index is 572. The van der Waals surface area contributed by atoms with Gasteiger partial charge in [0.2, 0.25) is 0 Å². The average molecular weight is 357 g/mol. The van der Waals surface area contributed by atoms with E-state index in [0.717, 1.165) is 6.54 Å². The number of aromatic nitrogens is 1.